The molecule has 2 rings (SSSR count). The Morgan fingerprint density at radius 3 is 3.06 bits per heavy atom. The number of H-pyrrole nitrogens is 1. The summed E-state index contributed by atoms with van der Waals surface area (Å²) in [6, 6.07) is 7.18. The fourth-order valence-corrected chi connectivity index (χ4v) is 1.47. The van der Waals surface area contributed by atoms with Crippen LogP contribution >= 0.6 is 0 Å². The van der Waals surface area contributed by atoms with Gasteiger partial charge in [0.05, 0.1) is 12.2 Å². The highest BCUT2D eigenvalue weighted by molar-refractivity contribution is 5.94. The Bertz CT molecular complexity index is 504. The van der Waals surface area contributed by atoms with Crippen molar-refractivity contribution in [2.45, 2.75) is 13.0 Å². The summed E-state index contributed by atoms with van der Waals surface area (Å²) in [4.78, 5) is 14.7. The smallest absolute Gasteiger partial charge is 0.338 e. The number of aliphatic hydroxyl groups is 1. The lowest BCUT2D eigenvalue weighted by Crippen LogP contribution is -2.18. The van der Waals surface area contributed by atoms with E-state index >= 15 is 0 Å². The van der Waals surface area contributed by atoms with Crippen LogP contribution in [0.25, 0.3) is 10.9 Å². The molecule has 1 unspecified atom stereocenters. The van der Waals surface area contributed by atoms with E-state index in [-0.39, 0.29) is 6.61 Å². The highest BCUT2D eigenvalue weighted by atomic mass is 16.5. The molecule has 0 spiro atoms. The van der Waals surface area contributed by atoms with Crippen molar-refractivity contribution in [2.75, 3.05) is 6.61 Å². The van der Waals surface area contributed by atoms with E-state index in [1.165, 1.54) is 0 Å². The molecule has 0 saturated heterocycles. The molecule has 0 amide bonds. The molecule has 0 radical (unpaired) electrons. The molecule has 2 aromatic rings. The van der Waals surface area contributed by atoms with Crippen molar-refractivity contribution in [1.82, 2.24) is 4.98 Å². The molecule has 1 aromatic heterocycles. The molecule has 0 aliphatic carbocycles. The van der Waals surface area contributed by atoms with Crippen molar-refractivity contribution in [3.8, 4) is 0 Å². The van der Waals surface area contributed by atoms with Crippen LogP contribution in [-0.4, -0.2) is 28.8 Å². The summed E-state index contributed by atoms with van der Waals surface area (Å²) in [6.07, 6.45) is 1.34. The first-order chi connectivity index (χ1) is 7.70. The highest BCUT2D eigenvalue weighted by Gasteiger charge is 2.11. The van der Waals surface area contributed by atoms with Gasteiger partial charge in [0, 0.05) is 17.1 Å². The third kappa shape index (κ3) is 2.06. The summed E-state index contributed by atoms with van der Waals surface area (Å²) in [5.41, 5.74) is 1.47. The zero-order valence-corrected chi connectivity index (χ0v) is 8.93. The van der Waals surface area contributed by atoms with Crippen LogP contribution in [0.4, 0.5) is 0 Å². The number of aliphatic hydroxyl groups excluding tert-OH is 1. The van der Waals surface area contributed by atoms with Crippen LogP contribution in [0.2, 0.25) is 0 Å². The van der Waals surface area contributed by atoms with Crippen LogP contribution < -0.4 is 0 Å². The normalized spacial score (nSPS) is 12.6. The number of hydrogen-bond donors (Lipinski definition) is 2. The molecule has 0 aliphatic rings. The van der Waals surface area contributed by atoms with Gasteiger partial charge in [0.2, 0.25) is 0 Å². The lowest BCUT2D eigenvalue weighted by Gasteiger charge is -2.09. The Morgan fingerprint density at radius 2 is 2.31 bits per heavy atom. The van der Waals surface area contributed by atoms with Crippen LogP contribution in [0.15, 0.2) is 30.5 Å². The topological polar surface area (TPSA) is 62.3 Å². The lowest BCUT2D eigenvalue weighted by molar-refractivity contribution is 0.0197. The minimum absolute atomic E-state index is 0.169. The van der Waals surface area contributed by atoms with Gasteiger partial charge in [-0.2, -0.15) is 0 Å². The van der Waals surface area contributed by atoms with Crippen LogP contribution in [0.3, 0.4) is 0 Å². The van der Waals surface area contributed by atoms with E-state index in [1.54, 1.807) is 19.1 Å². The van der Waals surface area contributed by atoms with E-state index in [1.807, 2.05) is 18.3 Å². The second kappa shape index (κ2) is 4.37. The van der Waals surface area contributed by atoms with Gasteiger partial charge in [0.15, 0.2) is 0 Å². The molecule has 0 fully saturated rings. The van der Waals surface area contributed by atoms with Crippen molar-refractivity contribution >= 4 is 16.9 Å². The first-order valence-corrected chi connectivity index (χ1v) is 5.09. The van der Waals surface area contributed by atoms with Gasteiger partial charge >= 0.3 is 5.97 Å². The number of esters is 1. The zero-order valence-electron chi connectivity index (χ0n) is 8.93. The molecule has 0 saturated carbocycles. The average molecular weight is 219 g/mol. The maximum Gasteiger partial charge on any atom is 0.338 e. The SMILES string of the molecule is CC(CO)OC(=O)c1ccc2[nH]ccc2c1. The molecule has 2 N–H and O–H groups in total. The van der Waals surface area contributed by atoms with E-state index < -0.39 is 12.1 Å². The summed E-state index contributed by atoms with van der Waals surface area (Å²) in [5.74, 6) is -0.412. The number of benzene rings is 1. The molecule has 84 valence electrons. The van der Waals surface area contributed by atoms with Crippen LogP contribution in [0, 0.1) is 0 Å². The van der Waals surface area contributed by atoms with Gasteiger partial charge < -0.3 is 14.8 Å². The van der Waals surface area contributed by atoms with E-state index in [0.717, 1.165) is 10.9 Å². The quantitative estimate of drug-likeness (QED) is 0.772. The molecule has 4 nitrogen and oxygen atoms in total. The Balaban J connectivity index is 2.22. The number of hydrogen-bond acceptors (Lipinski definition) is 3. The average Bonchev–Trinajstić information content (AvgIpc) is 2.75. The van der Waals surface area contributed by atoms with Crippen LogP contribution in [-0.2, 0) is 4.74 Å². The van der Waals surface area contributed by atoms with Crippen LogP contribution in [0.5, 0.6) is 0 Å². The number of ether oxygens (including phenoxy) is 1. The van der Waals surface area contributed by atoms with E-state index in [9.17, 15) is 4.79 Å². The number of carbonyl (C=O) groups excluding carboxylic acids is 1. The molecule has 0 bridgehead atoms. The summed E-state index contributed by atoms with van der Waals surface area (Å²) < 4.78 is 5.01. The standard InChI is InChI=1S/C12H13NO3/c1-8(7-14)16-12(15)10-2-3-11-9(6-10)4-5-13-11/h2-6,8,13-14H,7H2,1H3. The maximum absolute atomic E-state index is 11.6. The number of fused-ring (bicyclic) bond motifs is 1. The van der Waals surface area contributed by atoms with Crippen molar-refractivity contribution in [3.05, 3.63) is 36.0 Å². The largest absolute Gasteiger partial charge is 0.457 e. The van der Waals surface area contributed by atoms with Crippen molar-refractivity contribution in [3.63, 3.8) is 0 Å². The van der Waals surface area contributed by atoms with Gasteiger partial charge in [0.1, 0.15) is 6.10 Å². The molecule has 1 heterocycles. The summed E-state index contributed by atoms with van der Waals surface area (Å²) in [5, 5.41) is 9.75. The number of carbonyl (C=O) groups is 1. The second-order valence-corrected chi connectivity index (χ2v) is 3.68. The fourth-order valence-electron chi connectivity index (χ4n) is 1.47. The van der Waals surface area contributed by atoms with Crippen molar-refractivity contribution < 1.29 is 14.6 Å². The minimum Gasteiger partial charge on any atom is -0.457 e. The Kier molecular flexibility index (Phi) is 2.92. The van der Waals surface area contributed by atoms with Crippen molar-refractivity contribution in [2.24, 2.45) is 0 Å². The molecular formula is C12H13NO3. The summed E-state index contributed by atoms with van der Waals surface area (Å²) in [6.45, 7) is 1.48. The van der Waals surface area contributed by atoms with Gasteiger partial charge in [-0.3, -0.25) is 0 Å². The predicted molar refractivity (Wildman–Crippen MR) is 60.3 cm³/mol. The fraction of sp³-hybridized carbons (Fsp3) is 0.250. The zero-order chi connectivity index (χ0) is 11.5. The monoisotopic (exact) mass is 219 g/mol. The minimum atomic E-state index is -0.477. The molecule has 4 heteroatoms. The highest BCUT2D eigenvalue weighted by Crippen LogP contribution is 2.15. The van der Waals surface area contributed by atoms with Gasteiger partial charge in [-0.1, -0.05) is 0 Å². The number of aromatic amines is 1. The lowest BCUT2D eigenvalue weighted by atomic mass is 10.1. The van der Waals surface area contributed by atoms with Crippen molar-refractivity contribution in [1.29, 1.82) is 0 Å². The molecule has 1 aromatic carbocycles. The van der Waals surface area contributed by atoms with Crippen LogP contribution in [0.1, 0.15) is 17.3 Å². The molecule has 1 atom stereocenters. The molecular weight excluding hydrogens is 206 g/mol. The summed E-state index contributed by atoms with van der Waals surface area (Å²) >= 11 is 0. The maximum atomic E-state index is 11.6. The Labute approximate surface area is 92.9 Å². The van der Waals surface area contributed by atoms with Gasteiger partial charge in [-0.05, 0) is 31.2 Å². The van der Waals surface area contributed by atoms with Gasteiger partial charge in [-0.15, -0.1) is 0 Å². The van der Waals surface area contributed by atoms with Gasteiger partial charge in [-0.25, -0.2) is 4.79 Å². The molecule has 16 heavy (non-hydrogen) atoms. The third-order valence-corrected chi connectivity index (χ3v) is 2.35. The van der Waals surface area contributed by atoms with E-state index in [2.05, 4.69) is 4.98 Å². The number of nitrogens with one attached hydrogen (secondary N) is 1. The predicted octanol–water partition coefficient (Wildman–Crippen LogP) is 1.71. The van der Waals surface area contributed by atoms with E-state index in [0.29, 0.717) is 5.56 Å². The second-order valence-electron chi connectivity index (χ2n) is 3.68. The first kappa shape index (κ1) is 10.7. The number of aromatic nitrogens is 1. The third-order valence-electron chi connectivity index (χ3n) is 2.35. The first-order valence-electron chi connectivity index (χ1n) is 5.09. The molecule has 0 aliphatic heterocycles. The number of rotatable bonds is 3. The Hall–Kier alpha value is -1.81. The van der Waals surface area contributed by atoms with Gasteiger partial charge in [0.25, 0.3) is 0 Å². The summed E-state index contributed by atoms with van der Waals surface area (Å²) in [7, 11) is 0. The Morgan fingerprint density at radius 1 is 1.50 bits per heavy atom. The van der Waals surface area contributed by atoms with E-state index in [4.69, 9.17) is 9.84 Å².